The second kappa shape index (κ2) is 4.05. The van der Waals surface area contributed by atoms with Crippen LogP contribution in [0.1, 0.15) is 6.42 Å². The minimum Gasteiger partial charge on any atom is -0.331 e. The molecule has 0 aliphatic heterocycles. The third-order valence-electron chi connectivity index (χ3n) is 2.24. The zero-order chi connectivity index (χ0) is 9.80. The molecule has 1 aromatic heterocycles. The number of rotatable bonds is 4. The molecule has 0 atom stereocenters. The van der Waals surface area contributed by atoms with E-state index < -0.39 is 0 Å². The molecule has 1 heterocycles. The maximum Gasteiger partial charge on any atom is 0.0958 e. The van der Waals surface area contributed by atoms with E-state index in [2.05, 4.69) is 27.3 Å². The number of hydrogen-bond donors (Lipinski definition) is 0. The van der Waals surface area contributed by atoms with Crippen LogP contribution >= 0.6 is 0 Å². The second-order valence-electron chi connectivity index (χ2n) is 3.23. The molecule has 72 valence electrons. The molecule has 3 heteroatoms. The van der Waals surface area contributed by atoms with Crippen LogP contribution in [0.2, 0.25) is 0 Å². The van der Waals surface area contributed by atoms with Gasteiger partial charge in [-0.25, -0.2) is 4.98 Å². The van der Waals surface area contributed by atoms with Gasteiger partial charge < -0.3 is 9.56 Å². The molecule has 0 aliphatic carbocycles. The van der Waals surface area contributed by atoms with E-state index in [4.69, 9.17) is 0 Å². The first-order chi connectivity index (χ1) is 6.92. The van der Waals surface area contributed by atoms with Crippen molar-refractivity contribution in [1.29, 1.82) is 0 Å². The van der Waals surface area contributed by atoms with Crippen LogP contribution in [0.4, 0.5) is 0 Å². The van der Waals surface area contributed by atoms with Gasteiger partial charge in [0.15, 0.2) is 0 Å². The summed E-state index contributed by atoms with van der Waals surface area (Å²) in [6, 6.07) is 8.15. The topological polar surface area (TPSA) is 30.2 Å². The Hall–Kier alpha value is -1.64. The Labute approximate surface area is 83.1 Å². The Morgan fingerprint density at radius 1 is 1.36 bits per heavy atom. The van der Waals surface area contributed by atoms with Crippen molar-refractivity contribution in [3.05, 3.63) is 30.6 Å². The van der Waals surface area contributed by atoms with Crippen molar-refractivity contribution in [3.63, 3.8) is 0 Å². The molecular weight excluding hydrogens is 174 g/mol. The molecule has 2 aromatic rings. The average Bonchev–Trinajstić information content (AvgIpc) is 2.63. The molecule has 0 bridgehead atoms. The summed E-state index contributed by atoms with van der Waals surface area (Å²) in [4.78, 5) is 8.15. The molecule has 3 nitrogen and oxygen atoms in total. The molecule has 2 rings (SSSR count). The van der Waals surface area contributed by atoms with Gasteiger partial charge in [-0.3, -0.25) is 0 Å². The van der Waals surface area contributed by atoms with Gasteiger partial charge in [0.05, 0.1) is 17.4 Å². The fourth-order valence-corrected chi connectivity index (χ4v) is 1.54. The lowest BCUT2D eigenvalue weighted by atomic mass is 10.3. The van der Waals surface area contributed by atoms with E-state index in [0.717, 1.165) is 25.0 Å². The summed E-state index contributed by atoms with van der Waals surface area (Å²) in [5.74, 6) is 0. The van der Waals surface area contributed by atoms with Gasteiger partial charge in [-0.05, 0) is 25.3 Å². The van der Waals surface area contributed by atoms with Crippen molar-refractivity contribution >= 4 is 17.8 Å². The number of aromatic nitrogens is 2. The first kappa shape index (κ1) is 8.94. The van der Waals surface area contributed by atoms with Crippen molar-refractivity contribution in [2.45, 2.75) is 13.0 Å². The largest absolute Gasteiger partial charge is 0.331 e. The van der Waals surface area contributed by atoms with E-state index in [1.54, 1.807) is 0 Å². The number of aryl methyl sites for hydroxylation is 1. The number of imidazole rings is 1. The lowest BCUT2D eigenvalue weighted by molar-refractivity contribution is 0.668. The molecule has 1 aromatic carbocycles. The van der Waals surface area contributed by atoms with Crippen molar-refractivity contribution < 1.29 is 0 Å². The zero-order valence-electron chi connectivity index (χ0n) is 8.06. The Bertz CT molecular complexity index is 431. The van der Waals surface area contributed by atoms with E-state index in [9.17, 15) is 0 Å². The van der Waals surface area contributed by atoms with Crippen molar-refractivity contribution in [3.8, 4) is 0 Å². The van der Waals surface area contributed by atoms with E-state index >= 15 is 0 Å². The summed E-state index contributed by atoms with van der Waals surface area (Å²) < 4.78 is 2.15. The predicted molar refractivity (Wildman–Crippen MR) is 58.8 cm³/mol. The average molecular weight is 187 g/mol. The lowest BCUT2D eigenvalue weighted by Crippen LogP contribution is -1.97. The lowest BCUT2D eigenvalue weighted by Gasteiger charge is -2.01. The van der Waals surface area contributed by atoms with Gasteiger partial charge in [0.2, 0.25) is 0 Å². The van der Waals surface area contributed by atoms with Crippen LogP contribution in [0.15, 0.2) is 35.6 Å². The van der Waals surface area contributed by atoms with Gasteiger partial charge >= 0.3 is 0 Å². The summed E-state index contributed by atoms with van der Waals surface area (Å²) in [5.41, 5.74) is 2.25. The number of fused-ring (bicyclic) bond motifs is 1. The van der Waals surface area contributed by atoms with Gasteiger partial charge in [-0.1, -0.05) is 12.1 Å². The minimum absolute atomic E-state index is 0.812. The number of benzene rings is 1. The molecule has 0 saturated carbocycles. The third kappa shape index (κ3) is 1.66. The van der Waals surface area contributed by atoms with Crippen LogP contribution in [0, 0.1) is 0 Å². The molecule has 0 aliphatic rings. The summed E-state index contributed by atoms with van der Waals surface area (Å²) in [6.45, 7) is 5.24. The molecular formula is C11H13N3. The molecule has 0 saturated heterocycles. The molecule has 0 amide bonds. The predicted octanol–water partition coefficient (Wildman–Crippen LogP) is 2.13. The van der Waals surface area contributed by atoms with Gasteiger partial charge in [-0.15, -0.1) is 0 Å². The highest BCUT2D eigenvalue weighted by molar-refractivity contribution is 5.74. The maximum atomic E-state index is 4.31. The Balaban J connectivity index is 2.20. The number of aliphatic imine (C=N–C) groups is 1. The molecule has 0 radical (unpaired) electrons. The first-order valence-electron chi connectivity index (χ1n) is 4.74. The maximum absolute atomic E-state index is 4.31. The summed E-state index contributed by atoms with van der Waals surface area (Å²) >= 11 is 0. The Morgan fingerprint density at radius 2 is 2.21 bits per heavy atom. The molecule has 0 fully saturated rings. The Kier molecular flexibility index (Phi) is 2.58. The van der Waals surface area contributed by atoms with E-state index in [1.807, 2.05) is 24.5 Å². The fraction of sp³-hybridized carbons (Fsp3) is 0.273. The highest BCUT2D eigenvalue weighted by Gasteiger charge is 1.99. The summed E-state index contributed by atoms with van der Waals surface area (Å²) in [5, 5.41) is 0. The first-order valence-corrected chi connectivity index (χ1v) is 4.74. The van der Waals surface area contributed by atoms with Gasteiger partial charge in [0.25, 0.3) is 0 Å². The molecule has 0 spiro atoms. The van der Waals surface area contributed by atoms with Crippen LogP contribution in [-0.4, -0.2) is 22.8 Å². The van der Waals surface area contributed by atoms with E-state index in [-0.39, 0.29) is 0 Å². The highest BCUT2D eigenvalue weighted by atomic mass is 15.0. The SMILES string of the molecule is C=NCCCn1cnc2ccccc21. The second-order valence-corrected chi connectivity index (χ2v) is 3.23. The smallest absolute Gasteiger partial charge is 0.0958 e. The van der Waals surface area contributed by atoms with Gasteiger partial charge in [0, 0.05) is 13.1 Å². The van der Waals surface area contributed by atoms with Crippen molar-refractivity contribution in [2.75, 3.05) is 6.54 Å². The standard InChI is InChI=1S/C11H13N3/c1-12-7-4-8-14-9-13-10-5-2-3-6-11(10)14/h2-3,5-6,9H,1,4,7-8H2. The van der Waals surface area contributed by atoms with E-state index in [0.29, 0.717) is 0 Å². The number of nitrogens with zero attached hydrogens (tertiary/aromatic N) is 3. The van der Waals surface area contributed by atoms with Crippen molar-refractivity contribution in [2.24, 2.45) is 4.99 Å². The number of para-hydroxylation sites is 2. The third-order valence-corrected chi connectivity index (χ3v) is 2.24. The van der Waals surface area contributed by atoms with E-state index in [1.165, 1.54) is 5.52 Å². The Morgan fingerprint density at radius 3 is 3.07 bits per heavy atom. The highest BCUT2D eigenvalue weighted by Crippen LogP contribution is 2.11. The van der Waals surface area contributed by atoms with Gasteiger partial charge in [0.1, 0.15) is 0 Å². The van der Waals surface area contributed by atoms with Gasteiger partial charge in [-0.2, -0.15) is 0 Å². The molecule has 0 N–H and O–H groups in total. The zero-order valence-corrected chi connectivity index (χ0v) is 8.06. The minimum atomic E-state index is 0.812. The fourth-order valence-electron chi connectivity index (χ4n) is 1.54. The molecule has 0 unspecified atom stereocenters. The van der Waals surface area contributed by atoms with Crippen LogP contribution in [-0.2, 0) is 6.54 Å². The van der Waals surface area contributed by atoms with Crippen LogP contribution in [0.5, 0.6) is 0 Å². The normalized spacial score (nSPS) is 10.6. The van der Waals surface area contributed by atoms with Crippen LogP contribution in [0.25, 0.3) is 11.0 Å². The summed E-state index contributed by atoms with van der Waals surface area (Å²) in [7, 11) is 0. The summed E-state index contributed by atoms with van der Waals surface area (Å²) in [6.07, 6.45) is 2.90. The molecule has 14 heavy (non-hydrogen) atoms. The van der Waals surface area contributed by atoms with Crippen LogP contribution < -0.4 is 0 Å². The number of hydrogen-bond acceptors (Lipinski definition) is 2. The van der Waals surface area contributed by atoms with Crippen LogP contribution in [0.3, 0.4) is 0 Å². The quantitative estimate of drug-likeness (QED) is 0.532. The monoisotopic (exact) mass is 187 g/mol. The van der Waals surface area contributed by atoms with Crippen molar-refractivity contribution in [1.82, 2.24) is 9.55 Å².